The maximum absolute atomic E-state index is 13.0. The maximum atomic E-state index is 13.0. The van der Waals surface area contributed by atoms with Gasteiger partial charge in [0.1, 0.15) is 11.9 Å². The lowest BCUT2D eigenvalue weighted by Crippen LogP contribution is -2.50. The molecule has 1 unspecified atom stereocenters. The molecule has 0 radical (unpaired) electrons. The van der Waals surface area contributed by atoms with Crippen molar-refractivity contribution in [2.45, 2.75) is 37.9 Å². The summed E-state index contributed by atoms with van der Waals surface area (Å²) < 4.78 is 1.76. The Hall–Kier alpha value is -2.35. The van der Waals surface area contributed by atoms with Crippen LogP contribution in [0.15, 0.2) is 23.1 Å². The van der Waals surface area contributed by atoms with Crippen LogP contribution in [0, 0.1) is 13.8 Å². The molecule has 0 saturated heterocycles. The summed E-state index contributed by atoms with van der Waals surface area (Å²) in [7, 11) is 0. The summed E-state index contributed by atoms with van der Waals surface area (Å²) in [5.41, 5.74) is 1.35. The SMILES string of the molecule is CSc1ccc(C)c(C(=O)N2Cc3nnc(C)n3CC2C(=O)O)c1. The van der Waals surface area contributed by atoms with Gasteiger partial charge in [0.15, 0.2) is 5.82 Å². The van der Waals surface area contributed by atoms with E-state index in [2.05, 4.69) is 10.2 Å². The molecule has 0 aliphatic carbocycles. The monoisotopic (exact) mass is 346 g/mol. The molecule has 0 saturated carbocycles. The number of hydrogen-bond donors (Lipinski definition) is 1. The lowest BCUT2D eigenvalue weighted by atomic mass is 10.1. The molecule has 1 aromatic heterocycles. The lowest BCUT2D eigenvalue weighted by molar-refractivity contribution is -0.143. The number of amides is 1. The highest BCUT2D eigenvalue weighted by Crippen LogP contribution is 2.24. The molecule has 3 rings (SSSR count). The van der Waals surface area contributed by atoms with Gasteiger partial charge in [-0.1, -0.05) is 6.07 Å². The first-order valence-electron chi connectivity index (χ1n) is 7.49. The van der Waals surface area contributed by atoms with Crippen molar-refractivity contribution in [3.05, 3.63) is 41.0 Å². The van der Waals surface area contributed by atoms with E-state index >= 15 is 0 Å². The van der Waals surface area contributed by atoms with Gasteiger partial charge in [-0.15, -0.1) is 22.0 Å². The number of carboxylic acids is 1. The highest BCUT2D eigenvalue weighted by Gasteiger charge is 2.37. The number of fused-ring (bicyclic) bond motifs is 1. The predicted molar refractivity (Wildman–Crippen MR) is 89.0 cm³/mol. The van der Waals surface area contributed by atoms with Gasteiger partial charge >= 0.3 is 5.97 Å². The molecule has 24 heavy (non-hydrogen) atoms. The minimum atomic E-state index is -1.03. The summed E-state index contributed by atoms with van der Waals surface area (Å²) in [5, 5.41) is 17.6. The molecule has 1 atom stereocenters. The average molecular weight is 346 g/mol. The van der Waals surface area contributed by atoms with Gasteiger partial charge in [0.05, 0.1) is 13.1 Å². The van der Waals surface area contributed by atoms with Gasteiger partial charge in [0.25, 0.3) is 5.91 Å². The van der Waals surface area contributed by atoms with E-state index in [1.54, 1.807) is 23.3 Å². The van der Waals surface area contributed by atoms with Gasteiger partial charge in [-0.05, 0) is 37.8 Å². The first-order valence-corrected chi connectivity index (χ1v) is 8.72. The largest absolute Gasteiger partial charge is 0.480 e. The van der Waals surface area contributed by atoms with Crippen molar-refractivity contribution in [3.63, 3.8) is 0 Å². The van der Waals surface area contributed by atoms with Crippen molar-refractivity contribution in [2.24, 2.45) is 0 Å². The Bertz CT molecular complexity index is 818. The van der Waals surface area contributed by atoms with Gasteiger partial charge in [0.2, 0.25) is 0 Å². The van der Waals surface area contributed by atoms with Gasteiger partial charge in [-0.25, -0.2) is 4.79 Å². The Balaban J connectivity index is 2.00. The number of aromatic nitrogens is 3. The summed E-state index contributed by atoms with van der Waals surface area (Å²) >= 11 is 1.54. The minimum absolute atomic E-state index is 0.138. The van der Waals surface area contributed by atoms with Crippen LogP contribution in [0.5, 0.6) is 0 Å². The number of thioether (sulfide) groups is 1. The number of carboxylic acid groups (broad SMARTS) is 1. The molecule has 1 aliphatic rings. The first kappa shape index (κ1) is 16.5. The fourth-order valence-electron chi connectivity index (χ4n) is 2.85. The van der Waals surface area contributed by atoms with Crippen LogP contribution in [0.25, 0.3) is 0 Å². The van der Waals surface area contributed by atoms with Crippen LogP contribution in [-0.4, -0.2) is 48.9 Å². The van der Waals surface area contributed by atoms with Crippen LogP contribution in [0.3, 0.4) is 0 Å². The summed E-state index contributed by atoms with van der Waals surface area (Å²) in [4.78, 5) is 27.1. The lowest BCUT2D eigenvalue weighted by Gasteiger charge is -2.33. The smallest absolute Gasteiger partial charge is 0.328 e. The quantitative estimate of drug-likeness (QED) is 0.852. The summed E-state index contributed by atoms with van der Waals surface area (Å²) in [6.07, 6.45) is 1.94. The van der Waals surface area contributed by atoms with Crippen LogP contribution < -0.4 is 0 Å². The summed E-state index contributed by atoms with van der Waals surface area (Å²) in [5.74, 6) is -0.0515. The zero-order chi connectivity index (χ0) is 17.4. The van der Waals surface area contributed by atoms with Crippen molar-refractivity contribution in [3.8, 4) is 0 Å². The highest BCUT2D eigenvalue weighted by atomic mass is 32.2. The molecule has 0 bridgehead atoms. The van der Waals surface area contributed by atoms with Crippen LogP contribution in [0.1, 0.15) is 27.6 Å². The summed E-state index contributed by atoms with van der Waals surface area (Å²) in [6, 6.07) is 4.70. The molecule has 126 valence electrons. The zero-order valence-corrected chi connectivity index (χ0v) is 14.5. The molecule has 8 heteroatoms. The normalized spacial score (nSPS) is 16.8. The molecular formula is C16H18N4O3S. The molecular weight excluding hydrogens is 328 g/mol. The number of benzene rings is 1. The van der Waals surface area contributed by atoms with Gasteiger partial charge in [0, 0.05) is 10.5 Å². The van der Waals surface area contributed by atoms with Crippen LogP contribution in [-0.2, 0) is 17.9 Å². The number of rotatable bonds is 3. The third kappa shape index (κ3) is 2.77. The number of hydrogen-bond acceptors (Lipinski definition) is 5. The third-order valence-electron chi connectivity index (χ3n) is 4.28. The number of carbonyl (C=O) groups is 2. The van der Waals surface area contributed by atoms with Crippen LogP contribution >= 0.6 is 11.8 Å². The first-order chi connectivity index (χ1) is 11.4. The van der Waals surface area contributed by atoms with Crippen molar-refractivity contribution in [2.75, 3.05) is 6.26 Å². The van der Waals surface area contributed by atoms with Crippen LogP contribution in [0.4, 0.5) is 0 Å². The van der Waals surface area contributed by atoms with E-state index < -0.39 is 12.0 Å². The van der Waals surface area contributed by atoms with Crippen molar-refractivity contribution < 1.29 is 14.7 Å². The van der Waals surface area contributed by atoms with E-state index in [4.69, 9.17) is 0 Å². The Morgan fingerprint density at radius 3 is 2.71 bits per heavy atom. The highest BCUT2D eigenvalue weighted by molar-refractivity contribution is 7.98. The van der Waals surface area contributed by atoms with Gasteiger partial charge < -0.3 is 14.6 Å². The van der Waals surface area contributed by atoms with Crippen molar-refractivity contribution in [1.29, 1.82) is 0 Å². The molecule has 2 aromatic rings. The fourth-order valence-corrected chi connectivity index (χ4v) is 3.29. The van der Waals surface area contributed by atoms with Crippen molar-refractivity contribution in [1.82, 2.24) is 19.7 Å². The molecule has 1 amide bonds. The second-order valence-electron chi connectivity index (χ2n) is 5.74. The number of nitrogens with zero attached hydrogens (tertiary/aromatic N) is 4. The van der Waals surface area contributed by atoms with E-state index in [0.29, 0.717) is 17.2 Å². The van der Waals surface area contributed by atoms with E-state index in [1.165, 1.54) is 4.90 Å². The van der Waals surface area contributed by atoms with E-state index in [9.17, 15) is 14.7 Å². The Morgan fingerprint density at radius 2 is 2.04 bits per heavy atom. The van der Waals surface area contributed by atoms with Gasteiger partial charge in [-0.2, -0.15) is 0 Å². The molecule has 1 aliphatic heterocycles. The molecule has 0 fully saturated rings. The zero-order valence-electron chi connectivity index (χ0n) is 13.7. The fraction of sp³-hybridized carbons (Fsp3) is 0.375. The second kappa shape index (κ2) is 6.27. The molecule has 1 N–H and O–H groups in total. The number of aryl methyl sites for hydroxylation is 2. The molecule has 7 nitrogen and oxygen atoms in total. The maximum Gasteiger partial charge on any atom is 0.328 e. The molecule has 0 spiro atoms. The standard InChI is InChI=1S/C16H18N4O3S/c1-9-4-5-11(24-3)6-12(9)15(21)20-8-14-18-17-10(2)19(14)7-13(20)16(22)23/h4-6,13H,7-8H2,1-3H3,(H,22,23). The Labute approximate surface area is 143 Å². The predicted octanol–water partition coefficient (Wildman–Crippen LogP) is 1.73. The topological polar surface area (TPSA) is 88.3 Å². The van der Waals surface area contributed by atoms with E-state index in [-0.39, 0.29) is 19.0 Å². The Morgan fingerprint density at radius 1 is 1.29 bits per heavy atom. The number of carbonyl (C=O) groups excluding carboxylic acids is 1. The molecule has 1 aromatic carbocycles. The Kier molecular flexibility index (Phi) is 4.31. The van der Waals surface area contributed by atoms with Crippen molar-refractivity contribution >= 4 is 23.6 Å². The van der Waals surface area contributed by atoms with Gasteiger partial charge in [-0.3, -0.25) is 4.79 Å². The average Bonchev–Trinajstić information content (AvgIpc) is 2.94. The van der Waals surface area contributed by atoms with Crippen LogP contribution in [0.2, 0.25) is 0 Å². The number of aliphatic carboxylic acids is 1. The van der Waals surface area contributed by atoms with E-state index in [0.717, 1.165) is 10.5 Å². The van der Waals surface area contributed by atoms with E-state index in [1.807, 2.05) is 31.4 Å². The minimum Gasteiger partial charge on any atom is -0.480 e. The third-order valence-corrected chi connectivity index (χ3v) is 5.00. The second-order valence-corrected chi connectivity index (χ2v) is 6.62. The summed E-state index contributed by atoms with van der Waals surface area (Å²) in [6.45, 7) is 3.93. The molecule has 2 heterocycles.